The van der Waals surface area contributed by atoms with Gasteiger partial charge in [0.15, 0.2) is 0 Å². The third-order valence-corrected chi connectivity index (χ3v) is 3.77. The van der Waals surface area contributed by atoms with Crippen molar-refractivity contribution < 1.29 is 0 Å². The fraction of sp³-hybridized carbons (Fsp3) is 0.143. The Morgan fingerprint density at radius 2 is 2.05 bits per heavy atom. The summed E-state index contributed by atoms with van der Waals surface area (Å²) in [5, 5.41) is 13.0. The minimum absolute atomic E-state index is 0.212. The fourth-order valence-corrected chi connectivity index (χ4v) is 2.53. The molecule has 0 aromatic carbocycles. The zero-order valence-corrected chi connectivity index (χ0v) is 11.9. The van der Waals surface area contributed by atoms with E-state index < -0.39 is 0 Å². The van der Waals surface area contributed by atoms with Gasteiger partial charge in [-0.2, -0.15) is 0 Å². The van der Waals surface area contributed by atoms with Crippen molar-refractivity contribution in [2.24, 2.45) is 0 Å². The van der Waals surface area contributed by atoms with Crippen LogP contribution in [0.15, 0.2) is 46.8 Å². The van der Waals surface area contributed by atoms with Crippen LogP contribution in [-0.4, -0.2) is 20.2 Å². The van der Waals surface area contributed by atoms with Gasteiger partial charge in [-0.1, -0.05) is 6.07 Å². The number of thiophene rings is 1. The van der Waals surface area contributed by atoms with Gasteiger partial charge < -0.3 is 5.32 Å². The summed E-state index contributed by atoms with van der Waals surface area (Å²) in [5.41, 5.74) is 1.26. The Morgan fingerprint density at radius 1 is 1.19 bits per heavy atom. The number of hydrogen-bond donors (Lipinski definition) is 2. The second kappa shape index (κ2) is 6.27. The molecule has 0 aliphatic rings. The molecule has 3 aromatic rings. The molecular formula is C14H13N5OS. The Labute approximate surface area is 124 Å². The highest BCUT2D eigenvalue weighted by Crippen LogP contribution is 2.11. The van der Waals surface area contributed by atoms with E-state index in [1.54, 1.807) is 23.7 Å². The lowest BCUT2D eigenvalue weighted by atomic mass is 10.3. The van der Waals surface area contributed by atoms with Crippen LogP contribution in [0.4, 0.5) is 5.95 Å². The molecule has 106 valence electrons. The molecule has 2 N–H and O–H groups in total. The van der Waals surface area contributed by atoms with Crippen LogP contribution in [0.25, 0.3) is 0 Å². The topological polar surface area (TPSA) is 83.6 Å². The lowest BCUT2D eigenvalue weighted by Gasteiger charge is -2.05. The summed E-state index contributed by atoms with van der Waals surface area (Å²) in [5.74, 6) is 0.367. The lowest BCUT2D eigenvalue weighted by Crippen LogP contribution is -2.19. The largest absolute Gasteiger partial charge is 0.350 e. The standard InChI is InChI=1S/C14H13N5OS/c20-13-12(8-11-2-1-7-21-11)18-19-14(17-13)16-9-10-3-5-15-6-4-10/h1-7H,8-9H2,(H2,16,17,19,20). The summed E-state index contributed by atoms with van der Waals surface area (Å²) in [4.78, 5) is 19.7. The van der Waals surface area contributed by atoms with E-state index in [1.807, 2.05) is 29.6 Å². The van der Waals surface area contributed by atoms with Gasteiger partial charge in [-0.15, -0.1) is 21.5 Å². The van der Waals surface area contributed by atoms with Crippen molar-refractivity contribution in [3.8, 4) is 0 Å². The van der Waals surface area contributed by atoms with E-state index in [4.69, 9.17) is 0 Å². The van der Waals surface area contributed by atoms with Gasteiger partial charge in [0, 0.05) is 30.2 Å². The van der Waals surface area contributed by atoms with Crippen LogP contribution in [0, 0.1) is 0 Å². The van der Waals surface area contributed by atoms with Crippen molar-refractivity contribution >= 4 is 17.3 Å². The summed E-state index contributed by atoms with van der Waals surface area (Å²) in [6, 6.07) is 7.71. The van der Waals surface area contributed by atoms with Crippen LogP contribution < -0.4 is 10.9 Å². The highest BCUT2D eigenvalue weighted by Gasteiger charge is 2.06. The molecule has 0 atom stereocenters. The molecule has 21 heavy (non-hydrogen) atoms. The number of aromatic nitrogens is 4. The normalized spacial score (nSPS) is 10.5. The molecular weight excluding hydrogens is 286 g/mol. The number of aromatic amines is 1. The maximum atomic E-state index is 12.0. The predicted molar refractivity (Wildman–Crippen MR) is 81.3 cm³/mol. The molecule has 0 spiro atoms. The van der Waals surface area contributed by atoms with Crippen molar-refractivity contribution in [1.29, 1.82) is 0 Å². The van der Waals surface area contributed by atoms with Gasteiger partial charge in [-0.05, 0) is 29.1 Å². The summed E-state index contributed by atoms with van der Waals surface area (Å²) < 4.78 is 0. The Balaban J connectivity index is 1.68. The minimum Gasteiger partial charge on any atom is -0.350 e. The van der Waals surface area contributed by atoms with E-state index in [9.17, 15) is 4.79 Å². The molecule has 0 radical (unpaired) electrons. The fourth-order valence-electron chi connectivity index (χ4n) is 1.82. The van der Waals surface area contributed by atoms with Crippen molar-refractivity contribution in [3.05, 3.63) is 68.5 Å². The zero-order valence-electron chi connectivity index (χ0n) is 11.1. The second-order valence-corrected chi connectivity index (χ2v) is 5.45. The molecule has 3 aromatic heterocycles. The zero-order chi connectivity index (χ0) is 14.5. The van der Waals surface area contributed by atoms with Crippen LogP contribution >= 0.6 is 11.3 Å². The average molecular weight is 299 g/mol. The van der Waals surface area contributed by atoms with Crippen LogP contribution in [-0.2, 0) is 13.0 Å². The molecule has 0 amide bonds. The number of hydrogen-bond acceptors (Lipinski definition) is 6. The third kappa shape index (κ3) is 3.51. The molecule has 0 aliphatic carbocycles. The van der Waals surface area contributed by atoms with E-state index >= 15 is 0 Å². The van der Waals surface area contributed by atoms with Gasteiger partial charge in [0.05, 0.1) is 0 Å². The van der Waals surface area contributed by atoms with Gasteiger partial charge >= 0.3 is 0 Å². The van der Waals surface area contributed by atoms with Crippen molar-refractivity contribution in [1.82, 2.24) is 20.2 Å². The number of pyridine rings is 1. The summed E-state index contributed by atoms with van der Waals surface area (Å²) >= 11 is 1.60. The third-order valence-electron chi connectivity index (χ3n) is 2.90. The number of nitrogens with zero attached hydrogens (tertiary/aromatic N) is 3. The molecule has 6 nitrogen and oxygen atoms in total. The Bertz CT molecular complexity index is 755. The van der Waals surface area contributed by atoms with Gasteiger partial charge in [-0.3, -0.25) is 14.8 Å². The quantitative estimate of drug-likeness (QED) is 0.751. The SMILES string of the molecule is O=c1[nH]c(NCc2ccncc2)nnc1Cc1cccs1. The first-order valence-corrected chi connectivity index (χ1v) is 7.30. The summed E-state index contributed by atoms with van der Waals surface area (Å²) in [6.07, 6.45) is 3.94. The van der Waals surface area contributed by atoms with Crippen LogP contribution in [0.1, 0.15) is 16.1 Å². The predicted octanol–water partition coefficient (Wildman–Crippen LogP) is 1.82. The highest BCUT2D eigenvalue weighted by atomic mass is 32.1. The molecule has 3 rings (SSSR count). The first-order chi connectivity index (χ1) is 10.3. The van der Waals surface area contributed by atoms with Crippen LogP contribution in [0.5, 0.6) is 0 Å². The molecule has 0 fully saturated rings. The number of anilines is 1. The van der Waals surface area contributed by atoms with Gasteiger partial charge in [0.2, 0.25) is 5.95 Å². The van der Waals surface area contributed by atoms with E-state index in [-0.39, 0.29) is 5.56 Å². The lowest BCUT2D eigenvalue weighted by molar-refractivity contribution is 0.863. The number of rotatable bonds is 5. The highest BCUT2D eigenvalue weighted by molar-refractivity contribution is 7.09. The Morgan fingerprint density at radius 3 is 2.76 bits per heavy atom. The maximum absolute atomic E-state index is 12.0. The first-order valence-electron chi connectivity index (χ1n) is 6.42. The average Bonchev–Trinajstić information content (AvgIpc) is 3.02. The van der Waals surface area contributed by atoms with Gasteiger partial charge in [0.1, 0.15) is 5.69 Å². The van der Waals surface area contributed by atoms with Crippen molar-refractivity contribution in [2.45, 2.75) is 13.0 Å². The van der Waals surface area contributed by atoms with E-state index in [0.29, 0.717) is 24.6 Å². The Hall–Kier alpha value is -2.54. The smallest absolute Gasteiger partial charge is 0.274 e. The van der Waals surface area contributed by atoms with E-state index in [0.717, 1.165) is 10.4 Å². The minimum atomic E-state index is -0.212. The number of nitrogens with one attached hydrogen (secondary N) is 2. The van der Waals surface area contributed by atoms with E-state index in [2.05, 4.69) is 25.5 Å². The van der Waals surface area contributed by atoms with Crippen molar-refractivity contribution in [2.75, 3.05) is 5.32 Å². The van der Waals surface area contributed by atoms with Crippen molar-refractivity contribution in [3.63, 3.8) is 0 Å². The van der Waals surface area contributed by atoms with Crippen LogP contribution in [0.2, 0.25) is 0 Å². The monoisotopic (exact) mass is 299 g/mol. The maximum Gasteiger partial charge on any atom is 0.274 e. The second-order valence-electron chi connectivity index (χ2n) is 4.41. The Kier molecular flexibility index (Phi) is 4.02. The molecule has 7 heteroatoms. The van der Waals surface area contributed by atoms with E-state index in [1.165, 1.54) is 0 Å². The molecule has 0 bridgehead atoms. The molecule has 0 saturated carbocycles. The molecule has 0 unspecified atom stereocenters. The van der Waals surface area contributed by atoms with Crippen LogP contribution in [0.3, 0.4) is 0 Å². The van der Waals surface area contributed by atoms with Gasteiger partial charge in [-0.25, -0.2) is 0 Å². The molecule has 3 heterocycles. The molecule has 0 saturated heterocycles. The summed E-state index contributed by atoms with van der Waals surface area (Å²) in [7, 11) is 0. The molecule has 0 aliphatic heterocycles. The van der Waals surface area contributed by atoms with Gasteiger partial charge in [0.25, 0.3) is 5.56 Å². The first kappa shape index (κ1) is 13.4. The number of H-pyrrole nitrogens is 1. The summed E-state index contributed by atoms with van der Waals surface area (Å²) in [6.45, 7) is 0.553.